The summed E-state index contributed by atoms with van der Waals surface area (Å²) in [6.45, 7) is 15.1. The van der Waals surface area contributed by atoms with Crippen LogP contribution in [0, 0.1) is 33.6 Å². The second-order valence-corrected chi connectivity index (χ2v) is 16.4. The molecule has 6 heteroatoms. The molecule has 4 aromatic rings. The molecule has 47 heavy (non-hydrogen) atoms. The summed E-state index contributed by atoms with van der Waals surface area (Å²) in [5.41, 5.74) is 6.56. The van der Waals surface area contributed by atoms with Gasteiger partial charge in [-0.05, 0) is 93.0 Å². The van der Waals surface area contributed by atoms with E-state index in [4.69, 9.17) is 4.42 Å². The number of furan rings is 1. The largest absolute Gasteiger partial charge is 0.459 e. The van der Waals surface area contributed by atoms with E-state index in [1.54, 1.807) is 11.3 Å². The average molecular weight is 670 g/mol. The molecule has 2 unspecified atom stereocenters. The van der Waals surface area contributed by atoms with Crippen molar-refractivity contribution in [3.8, 4) is 20.4 Å². The summed E-state index contributed by atoms with van der Waals surface area (Å²) in [6.07, 6.45) is 15.0. The Kier molecular flexibility index (Phi) is 10.0. The summed E-state index contributed by atoms with van der Waals surface area (Å²) >= 11 is 3.67. The Morgan fingerprint density at radius 1 is 0.766 bits per heavy atom. The van der Waals surface area contributed by atoms with Gasteiger partial charge in [-0.25, -0.2) is 4.90 Å². The van der Waals surface area contributed by atoms with Crippen LogP contribution in [0.1, 0.15) is 151 Å². The molecule has 250 valence electrons. The molecule has 6 rings (SSSR count). The number of nitrogens with zero attached hydrogens (tertiary/aromatic N) is 1. The minimum Gasteiger partial charge on any atom is -0.459 e. The number of aryl methyl sites for hydroxylation is 4. The van der Waals surface area contributed by atoms with Gasteiger partial charge in [-0.3, -0.25) is 9.59 Å². The maximum atomic E-state index is 14.1. The van der Waals surface area contributed by atoms with E-state index in [0.717, 1.165) is 28.8 Å². The zero-order valence-electron chi connectivity index (χ0n) is 29.4. The van der Waals surface area contributed by atoms with Gasteiger partial charge >= 0.3 is 0 Å². The first kappa shape index (κ1) is 33.9. The number of hydrogen-bond donors (Lipinski definition) is 0. The number of hydrogen-bond acceptors (Lipinski definition) is 5. The molecule has 0 N–H and O–H groups in total. The fourth-order valence-corrected chi connectivity index (χ4v) is 10.6. The van der Waals surface area contributed by atoms with Crippen LogP contribution in [0.15, 0.2) is 34.7 Å². The van der Waals surface area contributed by atoms with E-state index in [9.17, 15) is 9.59 Å². The van der Waals surface area contributed by atoms with Crippen LogP contribution in [0.25, 0.3) is 20.4 Å². The van der Waals surface area contributed by atoms with Crippen molar-refractivity contribution in [3.05, 3.63) is 74.3 Å². The lowest BCUT2D eigenvalue weighted by molar-refractivity contribution is 0.0923. The molecular formula is C41H51NO3S2. The van der Waals surface area contributed by atoms with Crippen molar-refractivity contribution in [3.63, 3.8) is 0 Å². The molecule has 0 saturated carbocycles. The molecule has 4 nitrogen and oxygen atoms in total. The zero-order chi connectivity index (χ0) is 33.5. The summed E-state index contributed by atoms with van der Waals surface area (Å²) in [4.78, 5) is 34.3. The molecule has 1 aliphatic carbocycles. The normalized spacial score (nSPS) is 17.5. The fourth-order valence-electron chi connectivity index (χ4n) is 8.04. The SMILES string of the molecule is CCCCCCCCC1(CC(CC)CCCC)c2cc(C)sc2-c2sc(-c3oc(C)c4c3C(=O)N(c3ccc(C)c(C)c3)C4=O)cc21. The van der Waals surface area contributed by atoms with Crippen LogP contribution in [0.5, 0.6) is 0 Å². The Hall–Kier alpha value is -2.96. The van der Waals surface area contributed by atoms with Crippen LogP contribution >= 0.6 is 22.7 Å². The first-order valence-corrected chi connectivity index (χ1v) is 19.6. The van der Waals surface area contributed by atoms with Gasteiger partial charge in [-0.15, -0.1) is 22.7 Å². The maximum Gasteiger partial charge on any atom is 0.270 e. The van der Waals surface area contributed by atoms with E-state index in [1.807, 2.05) is 50.3 Å². The number of amides is 2. The number of unbranched alkanes of at least 4 members (excludes halogenated alkanes) is 6. The second kappa shape index (κ2) is 13.9. The van der Waals surface area contributed by atoms with E-state index >= 15 is 0 Å². The van der Waals surface area contributed by atoms with Crippen LogP contribution in [0.2, 0.25) is 0 Å². The molecule has 0 spiro atoms. The van der Waals surface area contributed by atoms with Gasteiger partial charge in [0, 0.05) is 20.0 Å². The minimum atomic E-state index is -0.292. The third kappa shape index (κ3) is 5.99. The highest BCUT2D eigenvalue weighted by Gasteiger charge is 2.48. The number of anilines is 1. The highest BCUT2D eigenvalue weighted by molar-refractivity contribution is 7.24. The van der Waals surface area contributed by atoms with Crippen LogP contribution in [-0.2, 0) is 5.41 Å². The van der Waals surface area contributed by atoms with Gasteiger partial charge in [-0.1, -0.05) is 91.0 Å². The number of carbonyl (C=O) groups excluding carboxylic acids is 2. The Balaban J connectivity index is 1.42. The Morgan fingerprint density at radius 3 is 2.17 bits per heavy atom. The van der Waals surface area contributed by atoms with Gasteiger partial charge in [0.05, 0.1) is 16.1 Å². The molecule has 1 aliphatic heterocycles. The van der Waals surface area contributed by atoms with Gasteiger partial charge in [0.1, 0.15) is 11.3 Å². The molecular weight excluding hydrogens is 619 g/mol. The third-order valence-corrected chi connectivity index (χ3v) is 13.2. The van der Waals surface area contributed by atoms with Gasteiger partial charge in [-0.2, -0.15) is 0 Å². The van der Waals surface area contributed by atoms with E-state index in [0.29, 0.717) is 34.3 Å². The van der Waals surface area contributed by atoms with E-state index in [2.05, 4.69) is 39.8 Å². The smallest absolute Gasteiger partial charge is 0.270 e. The molecule has 2 atom stereocenters. The maximum absolute atomic E-state index is 14.1. The number of benzene rings is 1. The first-order chi connectivity index (χ1) is 22.6. The van der Waals surface area contributed by atoms with E-state index in [1.165, 1.54) is 94.9 Å². The van der Waals surface area contributed by atoms with E-state index in [-0.39, 0.29) is 17.2 Å². The van der Waals surface area contributed by atoms with Crippen LogP contribution in [0.4, 0.5) is 5.69 Å². The lowest BCUT2D eigenvalue weighted by atomic mass is 9.68. The number of carbonyl (C=O) groups is 2. The van der Waals surface area contributed by atoms with Crippen LogP contribution in [-0.4, -0.2) is 11.8 Å². The zero-order valence-corrected chi connectivity index (χ0v) is 31.1. The van der Waals surface area contributed by atoms with Crippen molar-refractivity contribution < 1.29 is 14.0 Å². The predicted octanol–water partition coefficient (Wildman–Crippen LogP) is 12.7. The Morgan fingerprint density at radius 2 is 1.45 bits per heavy atom. The van der Waals surface area contributed by atoms with Crippen molar-refractivity contribution in [2.45, 2.75) is 131 Å². The molecule has 0 fully saturated rings. The number of fused-ring (bicyclic) bond motifs is 4. The van der Waals surface area contributed by atoms with Crippen molar-refractivity contribution >= 4 is 40.2 Å². The van der Waals surface area contributed by atoms with Crippen molar-refractivity contribution in [1.82, 2.24) is 0 Å². The molecule has 0 radical (unpaired) electrons. The summed E-state index contributed by atoms with van der Waals surface area (Å²) in [5, 5.41) is 0. The van der Waals surface area contributed by atoms with Crippen LogP contribution < -0.4 is 4.90 Å². The second-order valence-electron chi connectivity index (χ2n) is 14.1. The molecule has 3 aromatic heterocycles. The molecule has 2 aliphatic rings. The topological polar surface area (TPSA) is 50.5 Å². The molecule has 1 aromatic carbocycles. The standard InChI is InChI=1S/C41H51NO3S2/c1-8-11-13-14-15-16-20-41(24-29(10-3)17-12-9-2)31-22-27(6)46-37(31)38-32(41)23-33(47-38)36-35-34(28(7)45-36)39(43)42(40(35)44)30-19-18-25(4)26(5)21-30/h18-19,21-23,29H,8-17,20,24H2,1-7H3. The summed E-state index contributed by atoms with van der Waals surface area (Å²) in [7, 11) is 0. The minimum absolute atomic E-state index is 0.0283. The summed E-state index contributed by atoms with van der Waals surface area (Å²) < 4.78 is 6.38. The first-order valence-electron chi connectivity index (χ1n) is 18.0. The van der Waals surface area contributed by atoms with Gasteiger partial charge < -0.3 is 4.42 Å². The lowest BCUT2D eigenvalue weighted by Gasteiger charge is -2.35. The number of rotatable bonds is 15. The third-order valence-electron chi connectivity index (χ3n) is 10.9. The highest BCUT2D eigenvalue weighted by atomic mass is 32.1. The number of thiophene rings is 2. The van der Waals surface area contributed by atoms with Crippen molar-refractivity contribution in [2.24, 2.45) is 5.92 Å². The van der Waals surface area contributed by atoms with Crippen molar-refractivity contribution in [1.29, 1.82) is 0 Å². The van der Waals surface area contributed by atoms with E-state index < -0.39 is 0 Å². The molecule has 4 heterocycles. The van der Waals surface area contributed by atoms with Crippen molar-refractivity contribution in [2.75, 3.05) is 4.90 Å². The highest BCUT2D eigenvalue weighted by Crippen LogP contribution is 2.61. The van der Waals surface area contributed by atoms with Gasteiger partial charge in [0.2, 0.25) is 0 Å². The number of imide groups is 1. The molecule has 2 amide bonds. The van der Waals surface area contributed by atoms with Crippen LogP contribution in [0.3, 0.4) is 0 Å². The fraction of sp³-hybridized carbons (Fsp3) is 0.512. The van der Waals surface area contributed by atoms with Gasteiger partial charge in [0.15, 0.2) is 5.76 Å². The monoisotopic (exact) mass is 669 g/mol. The summed E-state index contributed by atoms with van der Waals surface area (Å²) in [5.74, 6) is 1.16. The van der Waals surface area contributed by atoms with Gasteiger partial charge in [0.25, 0.3) is 11.8 Å². The summed E-state index contributed by atoms with van der Waals surface area (Å²) in [6, 6.07) is 10.6. The Bertz CT molecular complexity index is 1790. The Labute approximate surface area is 289 Å². The average Bonchev–Trinajstić information content (AvgIpc) is 3.83. The quantitative estimate of drug-likeness (QED) is 0.0935. The lowest BCUT2D eigenvalue weighted by Crippen LogP contribution is -2.30. The predicted molar refractivity (Wildman–Crippen MR) is 199 cm³/mol. The molecule has 0 saturated heterocycles. The molecule has 0 bridgehead atoms.